The number of urea groups is 1. The number of nitrogens with two attached hydrogens (primary N) is 1. The van der Waals surface area contributed by atoms with Crippen LogP contribution in [0.1, 0.15) is 97.8 Å². The first-order valence-electron chi connectivity index (χ1n) is 13.4. The molecule has 3 fully saturated rings. The van der Waals surface area contributed by atoms with Gasteiger partial charge in [0.05, 0.1) is 0 Å². The minimum Gasteiger partial charge on any atom is -0.480 e. The van der Waals surface area contributed by atoms with Crippen molar-refractivity contribution >= 4 is 17.9 Å². The van der Waals surface area contributed by atoms with Gasteiger partial charge in [0.25, 0.3) is 0 Å². The molecule has 0 heterocycles. The number of carbonyl (C=O) groups excluding carboxylic acids is 2. The Bertz CT molecular complexity index is 736. The molecule has 3 saturated carbocycles. The summed E-state index contributed by atoms with van der Waals surface area (Å²) in [5, 5.41) is 18.2. The molecule has 0 aromatic carbocycles. The zero-order chi connectivity index (χ0) is 24.9. The molecule has 8 nitrogen and oxygen atoms in total. The van der Waals surface area contributed by atoms with Gasteiger partial charge in [-0.25, -0.2) is 9.59 Å². The molecule has 0 saturated heterocycles. The van der Waals surface area contributed by atoms with Gasteiger partial charge >= 0.3 is 12.0 Å². The number of hydrogen-bond acceptors (Lipinski definition) is 4. The maximum atomic E-state index is 13.5. The molecule has 3 aliphatic carbocycles. The number of unbranched alkanes of at least 4 members (excludes halogenated alkanes) is 1. The van der Waals surface area contributed by atoms with Crippen molar-refractivity contribution in [1.29, 1.82) is 0 Å². The van der Waals surface area contributed by atoms with E-state index in [4.69, 9.17) is 5.73 Å². The Hall–Kier alpha value is -1.83. The van der Waals surface area contributed by atoms with Crippen molar-refractivity contribution in [2.45, 2.75) is 116 Å². The van der Waals surface area contributed by atoms with Crippen LogP contribution in [0.15, 0.2) is 0 Å². The van der Waals surface area contributed by atoms with Crippen LogP contribution in [0.3, 0.4) is 0 Å². The van der Waals surface area contributed by atoms with Gasteiger partial charge < -0.3 is 26.8 Å². The molecule has 0 aromatic heterocycles. The number of aliphatic carboxylic acids is 1. The number of carbonyl (C=O) groups is 3. The molecule has 2 unspecified atom stereocenters. The number of nitrogens with one attached hydrogen (secondary N) is 3. The van der Waals surface area contributed by atoms with Gasteiger partial charge in [0.1, 0.15) is 12.1 Å². The molecule has 6 N–H and O–H groups in total. The first-order chi connectivity index (χ1) is 16.1. The lowest BCUT2D eigenvalue weighted by molar-refractivity contribution is -0.139. The fraction of sp³-hybridized carbons (Fsp3) is 0.885. The Morgan fingerprint density at radius 3 is 2.24 bits per heavy atom. The van der Waals surface area contributed by atoms with Gasteiger partial charge in [0.2, 0.25) is 5.91 Å². The van der Waals surface area contributed by atoms with Crippen LogP contribution in [0.5, 0.6) is 0 Å². The topological polar surface area (TPSA) is 134 Å². The molecule has 0 aromatic rings. The van der Waals surface area contributed by atoms with Crippen molar-refractivity contribution in [1.82, 2.24) is 16.0 Å². The van der Waals surface area contributed by atoms with Gasteiger partial charge in [-0.1, -0.05) is 52.9 Å². The number of hydrogen-bond donors (Lipinski definition) is 5. The minimum absolute atomic E-state index is 0.0579. The van der Waals surface area contributed by atoms with E-state index in [-0.39, 0.29) is 22.8 Å². The van der Waals surface area contributed by atoms with E-state index in [0.717, 1.165) is 38.5 Å². The largest absolute Gasteiger partial charge is 0.480 e. The maximum Gasteiger partial charge on any atom is 0.326 e. The zero-order valence-electron chi connectivity index (χ0n) is 21.3. The Kier molecular flexibility index (Phi) is 8.87. The van der Waals surface area contributed by atoms with E-state index < -0.39 is 24.1 Å². The zero-order valence-corrected chi connectivity index (χ0v) is 21.3. The summed E-state index contributed by atoms with van der Waals surface area (Å²) in [6.45, 7) is 7.41. The Morgan fingerprint density at radius 1 is 1.00 bits per heavy atom. The van der Waals surface area contributed by atoms with Crippen LogP contribution in [0.2, 0.25) is 0 Å². The minimum atomic E-state index is -1.07. The lowest BCUT2D eigenvalue weighted by Crippen LogP contribution is -2.57. The summed E-state index contributed by atoms with van der Waals surface area (Å²) in [6.07, 6.45) is 11.2. The van der Waals surface area contributed by atoms with Crippen LogP contribution in [-0.4, -0.2) is 47.7 Å². The van der Waals surface area contributed by atoms with Crippen LogP contribution in [0, 0.1) is 22.7 Å². The highest BCUT2D eigenvalue weighted by molar-refractivity contribution is 5.89. The second-order valence-electron chi connectivity index (χ2n) is 11.8. The molecule has 0 radical (unpaired) electrons. The molecule has 5 atom stereocenters. The fourth-order valence-electron chi connectivity index (χ4n) is 6.79. The van der Waals surface area contributed by atoms with E-state index in [1.54, 1.807) is 0 Å². The summed E-state index contributed by atoms with van der Waals surface area (Å²) in [5.41, 5.74) is 5.75. The van der Waals surface area contributed by atoms with E-state index in [0.29, 0.717) is 44.1 Å². The van der Waals surface area contributed by atoms with E-state index in [1.165, 1.54) is 12.8 Å². The Balaban J connectivity index is 1.65. The molecule has 3 aliphatic rings. The van der Waals surface area contributed by atoms with Crippen LogP contribution in [0.25, 0.3) is 0 Å². The second-order valence-corrected chi connectivity index (χ2v) is 11.8. The molecule has 3 rings (SSSR count). The van der Waals surface area contributed by atoms with Crippen molar-refractivity contribution in [2.24, 2.45) is 28.4 Å². The SMILES string of the molecule is CC1(C)C2CCC1(C)[C@@H](NC(=O)[C@@H](CC1CCCCC1)NC(=O)N[C@@H](CCCCN)C(=O)O)C2. The van der Waals surface area contributed by atoms with Crippen molar-refractivity contribution in [3.63, 3.8) is 0 Å². The van der Waals surface area contributed by atoms with Crippen LogP contribution < -0.4 is 21.7 Å². The van der Waals surface area contributed by atoms with Gasteiger partial charge in [0.15, 0.2) is 0 Å². The van der Waals surface area contributed by atoms with E-state index >= 15 is 0 Å². The number of fused-ring (bicyclic) bond motifs is 2. The monoisotopic (exact) mass is 478 g/mol. The molecule has 194 valence electrons. The van der Waals surface area contributed by atoms with Gasteiger partial charge in [-0.05, 0) is 74.2 Å². The third kappa shape index (κ3) is 5.86. The molecular weight excluding hydrogens is 432 g/mol. The second kappa shape index (κ2) is 11.3. The maximum absolute atomic E-state index is 13.5. The third-order valence-electron chi connectivity index (χ3n) is 9.58. The third-order valence-corrected chi connectivity index (χ3v) is 9.58. The predicted molar refractivity (Wildman–Crippen MR) is 132 cm³/mol. The predicted octanol–water partition coefficient (Wildman–Crippen LogP) is 3.54. The number of carboxylic acid groups (broad SMARTS) is 1. The summed E-state index contributed by atoms with van der Waals surface area (Å²) < 4.78 is 0. The summed E-state index contributed by atoms with van der Waals surface area (Å²) in [6, 6.07) is -2.13. The molecule has 0 aliphatic heterocycles. The summed E-state index contributed by atoms with van der Waals surface area (Å²) in [5.74, 6) is -0.194. The molecule has 2 bridgehead atoms. The molecule has 8 heteroatoms. The number of amides is 3. The van der Waals surface area contributed by atoms with E-state index in [9.17, 15) is 19.5 Å². The highest BCUT2D eigenvalue weighted by Crippen LogP contribution is 2.65. The molecule has 34 heavy (non-hydrogen) atoms. The van der Waals surface area contributed by atoms with Crippen LogP contribution in [-0.2, 0) is 9.59 Å². The van der Waals surface area contributed by atoms with Gasteiger partial charge in [-0.2, -0.15) is 0 Å². The highest BCUT2D eigenvalue weighted by atomic mass is 16.4. The molecular formula is C26H46N4O4. The van der Waals surface area contributed by atoms with Crippen molar-refractivity contribution < 1.29 is 19.5 Å². The van der Waals surface area contributed by atoms with E-state index in [2.05, 4.69) is 36.7 Å². The summed E-state index contributed by atoms with van der Waals surface area (Å²) in [7, 11) is 0. The number of rotatable bonds is 11. The first kappa shape index (κ1) is 26.8. The lowest BCUT2D eigenvalue weighted by Gasteiger charge is -2.40. The van der Waals surface area contributed by atoms with Crippen molar-refractivity contribution in [2.75, 3.05) is 6.54 Å². The average molecular weight is 479 g/mol. The quantitative estimate of drug-likeness (QED) is 0.290. The van der Waals surface area contributed by atoms with Gasteiger partial charge in [0, 0.05) is 6.04 Å². The molecule has 3 amide bonds. The van der Waals surface area contributed by atoms with E-state index in [1.807, 2.05) is 0 Å². The number of carboxylic acids is 1. The Labute approximate surface area is 204 Å². The van der Waals surface area contributed by atoms with Gasteiger partial charge in [-0.15, -0.1) is 0 Å². The van der Waals surface area contributed by atoms with Crippen molar-refractivity contribution in [3.8, 4) is 0 Å². The lowest BCUT2D eigenvalue weighted by atomic mass is 9.69. The summed E-state index contributed by atoms with van der Waals surface area (Å²) in [4.78, 5) is 37.9. The average Bonchev–Trinajstić information content (AvgIpc) is 3.12. The highest BCUT2D eigenvalue weighted by Gasteiger charge is 2.61. The molecule has 0 spiro atoms. The smallest absolute Gasteiger partial charge is 0.326 e. The fourth-order valence-corrected chi connectivity index (χ4v) is 6.79. The first-order valence-corrected chi connectivity index (χ1v) is 13.4. The van der Waals surface area contributed by atoms with Crippen molar-refractivity contribution in [3.05, 3.63) is 0 Å². The normalized spacial score (nSPS) is 29.9. The van der Waals surface area contributed by atoms with Crippen LogP contribution >= 0.6 is 0 Å². The Morgan fingerprint density at radius 2 is 1.68 bits per heavy atom. The van der Waals surface area contributed by atoms with Gasteiger partial charge in [-0.3, -0.25) is 4.79 Å². The van der Waals surface area contributed by atoms with Crippen LogP contribution in [0.4, 0.5) is 4.79 Å². The standard InChI is InChI=1S/C26H46N4O4/c1-25(2)18-12-13-26(25,3)21(16-18)30-22(31)20(15-17-9-5-4-6-10-17)29-24(34)28-19(23(32)33)11-7-8-14-27/h17-21H,4-16,27H2,1-3H3,(H,30,31)(H,32,33)(H2,28,29,34)/t18?,19-,20+,21-,26?/m0/s1. The summed E-state index contributed by atoms with van der Waals surface area (Å²) >= 11 is 0.